The summed E-state index contributed by atoms with van der Waals surface area (Å²) >= 11 is 0. The molecule has 2 heterocycles. The minimum absolute atomic E-state index is 0.0167. The molecule has 1 aliphatic heterocycles. The van der Waals surface area contributed by atoms with E-state index >= 15 is 0 Å². The molecule has 1 aromatic carbocycles. The molecule has 0 aliphatic carbocycles. The molecule has 0 fully saturated rings. The Kier molecular flexibility index (Phi) is 2.48. The third-order valence-corrected chi connectivity index (χ3v) is 2.91. The third-order valence-electron chi connectivity index (χ3n) is 2.91. The van der Waals surface area contributed by atoms with E-state index in [4.69, 9.17) is 0 Å². The summed E-state index contributed by atoms with van der Waals surface area (Å²) in [5, 5.41) is 2.84. The first-order valence-corrected chi connectivity index (χ1v) is 5.84. The van der Waals surface area contributed by atoms with Gasteiger partial charge < -0.3 is 10.2 Å². The second-order valence-electron chi connectivity index (χ2n) is 4.29. The van der Waals surface area contributed by atoms with Crippen molar-refractivity contribution in [2.45, 2.75) is 6.92 Å². The lowest BCUT2D eigenvalue weighted by atomic mass is 10.2. The monoisotopic (exact) mass is 239 g/mol. The van der Waals surface area contributed by atoms with Crippen LogP contribution in [0, 0.1) is 6.92 Å². The van der Waals surface area contributed by atoms with Gasteiger partial charge in [-0.25, -0.2) is 4.98 Å². The second kappa shape index (κ2) is 4.14. The Morgan fingerprint density at radius 2 is 1.94 bits per heavy atom. The third kappa shape index (κ3) is 1.82. The highest BCUT2D eigenvalue weighted by molar-refractivity contribution is 6.02. The molecule has 1 aromatic heterocycles. The first kappa shape index (κ1) is 10.8. The SMILES string of the molecule is Cc1ccc2c(n1)N(c1ccccc1)CC(=O)N2. The van der Waals surface area contributed by atoms with Gasteiger partial charge in [-0.15, -0.1) is 0 Å². The quantitative estimate of drug-likeness (QED) is 0.831. The van der Waals surface area contributed by atoms with Crippen molar-refractivity contribution in [2.75, 3.05) is 16.8 Å². The molecule has 1 amide bonds. The molecule has 0 saturated heterocycles. The first-order valence-electron chi connectivity index (χ1n) is 5.84. The number of rotatable bonds is 1. The molecule has 0 atom stereocenters. The summed E-state index contributed by atoms with van der Waals surface area (Å²) < 4.78 is 0. The normalized spacial score (nSPS) is 14.1. The minimum Gasteiger partial charge on any atom is -0.321 e. The number of nitrogens with zero attached hydrogens (tertiary/aromatic N) is 2. The van der Waals surface area contributed by atoms with Crippen LogP contribution in [0.4, 0.5) is 17.2 Å². The van der Waals surface area contributed by atoms with Crippen LogP contribution < -0.4 is 10.2 Å². The maximum Gasteiger partial charge on any atom is 0.244 e. The van der Waals surface area contributed by atoms with Crippen molar-refractivity contribution in [2.24, 2.45) is 0 Å². The van der Waals surface area contributed by atoms with Gasteiger partial charge in [0.05, 0.1) is 5.69 Å². The Morgan fingerprint density at radius 1 is 1.17 bits per heavy atom. The maximum absolute atomic E-state index is 11.7. The highest BCUT2D eigenvalue weighted by Crippen LogP contribution is 2.32. The van der Waals surface area contributed by atoms with Crippen LogP contribution in [0.2, 0.25) is 0 Å². The predicted molar refractivity (Wildman–Crippen MR) is 71.1 cm³/mol. The summed E-state index contributed by atoms with van der Waals surface area (Å²) in [6.07, 6.45) is 0. The van der Waals surface area contributed by atoms with Crippen molar-refractivity contribution >= 4 is 23.1 Å². The van der Waals surface area contributed by atoms with Crippen LogP contribution in [0.15, 0.2) is 42.5 Å². The van der Waals surface area contributed by atoms with Gasteiger partial charge in [0.15, 0.2) is 5.82 Å². The molecule has 0 unspecified atom stereocenters. The average Bonchev–Trinajstić information content (AvgIpc) is 2.39. The Balaban J connectivity index is 2.12. The number of pyridine rings is 1. The van der Waals surface area contributed by atoms with Gasteiger partial charge in [-0.1, -0.05) is 18.2 Å². The van der Waals surface area contributed by atoms with Gasteiger partial charge in [-0.2, -0.15) is 0 Å². The standard InChI is InChI=1S/C14H13N3O/c1-10-7-8-12-14(15-10)17(9-13(18)16-12)11-5-3-2-4-6-11/h2-8H,9H2,1H3,(H,16,18). The van der Waals surface area contributed by atoms with Gasteiger partial charge in [0.2, 0.25) is 5.91 Å². The zero-order valence-corrected chi connectivity index (χ0v) is 10.1. The highest BCUT2D eigenvalue weighted by Gasteiger charge is 2.24. The lowest BCUT2D eigenvalue weighted by molar-refractivity contribution is -0.115. The molecule has 4 nitrogen and oxygen atoms in total. The fourth-order valence-corrected chi connectivity index (χ4v) is 2.08. The summed E-state index contributed by atoms with van der Waals surface area (Å²) in [5.41, 5.74) is 2.68. The van der Waals surface area contributed by atoms with Crippen LogP contribution in [-0.4, -0.2) is 17.4 Å². The van der Waals surface area contributed by atoms with E-state index in [0.29, 0.717) is 6.54 Å². The number of hydrogen-bond donors (Lipinski definition) is 1. The number of nitrogens with one attached hydrogen (secondary N) is 1. The highest BCUT2D eigenvalue weighted by atomic mass is 16.2. The van der Waals surface area contributed by atoms with Crippen LogP contribution in [0.3, 0.4) is 0 Å². The summed E-state index contributed by atoms with van der Waals surface area (Å²) in [6.45, 7) is 2.24. The van der Waals surface area contributed by atoms with Crippen LogP contribution in [0.1, 0.15) is 5.69 Å². The number of anilines is 3. The Hall–Kier alpha value is -2.36. The molecule has 0 radical (unpaired) electrons. The first-order chi connectivity index (χ1) is 8.74. The Bertz CT molecular complexity index is 595. The van der Waals surface area contributed by atoms with E-state index in [1.165, 1.54) is 0 Å². The van der Waals surface area contributed by atoms with Crippen LogP contribution in [0.5, 0.6) is 0 Å². The number of carbonyl (C=O) groups excluding carboxylic acids is 1. The second-order valence-corrected chi connectivity index (χ2v) is 4.29. The number of amides is 1. The average molecular weight is 239 g/mol. The number of aromatic nitrogens is 1. The fourth-order valence-electron chi connectivity index (χ4n) is 2.08. The van der Waals surface area contributed by atoms with Crippen molar-refractivity contribution in [3.63, 3.8) is 0 Å². The van der Waals surface area contributed by atoms with Gasteiger partial charge in [0, 0.05) is 11.4 Å². The van der Waals surface area contributed by atoms with E-state index in [-0.39, 0.29) is 5.91 Å². The molecule has 2 aromatic rings. The van der Waals surface area contributed by atoms with E-state index in [2.05, 4.69) is 10.3 Å². The van der Waals surface area contributed by atoms with Crippen molar-refractivity contribution in [1.29, 1.82) is 0 Å². The van der Waals surface area contributed by atoms with Gasteiger partial charge in [0.1, 0.15) is 6.54 Å². The van der Waals surface area contributed by atoms with Crippen molar-refractivity contribution < 1.29 is 4.79 Å². The number of hydrogen-bond acceptors (Lipinski definition) is 3. The van der Waals surface area contributed by atoms with E-state index in [1.807, 2.05) is 54.3 Å². The topological polar surface area (TPSA) is 45.2 Å². The lowest BCUT2D eigenvalue weighted by Crippen LogP contribution is -2.35. The Labute approximate surface area is 105 Å². The number of carbonyl (C=O) groups is 1. The molecule has 90 valence electrons. The van der Waals surface area contributed by atoms with Crippen LogP contribution >= 0.6 is 0 Å². The summed E-state index contributed by atoms with van der Waals surface area (Å²) in [5.74, 6) is 0.790. The molecule has 18 heavy (non-hydrogen) atoms. The van der Waals surface area contributed by atoms with Crippen molar-refractivity contribution in [1.82, 2.24) is 4.98 Å². The van der Waals surface area contributed by atoms with Crippen LogP contribution in [0.25, 0.3) is 0 Å². The van der Waals surface area contributed by atoms with Gasteiger partial charge in [-0.05, 0) is 31.2 Å². The molecule has 4 heteroatoms. The van der Waals surface area contributed by atoms with E-state index in [1.54, 1.807) is 0 Å². The zero-order valence-electron chi connectivity index (χ0n) is 10.1. The van der Waals surface area contributed by atoms with E-state index in [0.717, 1.165) is 22.9 Å². The molecular formula is C14H13N3O. The summed E-state index contributed by atoms with van der Waals surface area (Å²) in [4.78, 5) is 18.2. The number of benzene rings is 1. The maximum atomic E-state index is 11.7. The van der Waals surface area contributed by atoms with Crippen molar-refractivity contribution in [3.8, 4) is 0 Å². The molecule has 0 spiro atoms. The lowest BCUT2D eigenvalue weighted by Gasteiger charge is -2.29. The number of fused-ring (bicyclic) bond motifs is 1. The predicted octanol–water partition coefficient (Wildman–Crippen LogP) is 2.48. The fraction of sp³-hybridized carbons (Fsp3) is 0.143. The molecule has 0 saturated carbocycles. The number of aryl methyl sites for hydroxylation is 1. The molecule has 1 aliphatic rings. The van der Waals surface area contributed by atoms with Gasteiger partial charge in [-0.3, -0.25) is 4.79 Å². The molecule has 3 rings (SSSR count). The zero-order chi connectivity index (χ0) is 12.5. The summed E-state index contributed by atoms with van der Waals surface area (Å²) in [7, 11) is 0. The Morgan fingerprint density at radius 3 is 2.72 bits per heavy atom. The van der Waals surface area contributed by atoms with Crippen molar-refractivity contribution in [3.05, 3.63) is 48.2 Å². The summed E-state index contributed by atoms with van der Waals surface area (Å²) in [6, 6.07) is 13.6. The molecule has 0 bridgehead atoms. The van der Waals surface area contributed by atoms with E-state index in [9.17, 15) is 4.79 Å². The minimum atomic E-state index is -0.0167. The van der Waals surface area contributed by atoms with E-state index < -0.39 is 0 Å². The molecule has 1 N–H and O–H groups in total. The largest absolute Gasteiger partial charge is 0.321 e. The smallest absolute Gasteiger partial charge is 0.244 e. The van der Waals surface area contributed by atoms with Gasteiger partial charge >= 0.3 is 0 Å². The van der Waals surface area contributed by atoms with Crippen LogP contribution in [-0.2, 0) is 4.79 Å². The molecular weight excluding hydrogens is 226 g/mol. The number of para-hydroxylation sites is 1. The van der Waals surface area contributed by atoms with Gasteiger partial charge in [0.25, 0.3) is 0 Å².